The Kier molecular flexibility index (Phi) is 4.07. The van der Waals surface area contributed by atoms with Crippen molar-refractivity contribution < 1.29 is 19.7 Å². The molecule has 1 aromatic carbocycles. The summed E-state index contributed by atoms with van der Waals surface area (Å²) in [5, 5.41) is 19.3. The first-order chi connectivity index (χ1) is 9.19. The predicted octanol–water partition coefficient (Wildman–Crippen LogP) is 1.69. The molecule has 19 heavy (non-hydrogen) atoms. The van der Waals surface area contributed by atoms with Gasteiger partial charge in [0.25, 0.3) is 0 Å². The SMILES string of the molecule is C[C@@H]1O[C@H](CO)C(OC2Sc3ccccc3S2)C1O. The van der Waals surface area contributed by atoms with Gasteiger partial charge in [-0.25, -0.2) is 0 Å². The first-order valence-electron chi connectivity index (χ1n) is 6.21. The molecule has 2 unspecified atom stereocenters. The highest BCUT2D eigenvalue weighted by molar-refractivity contribution is 8.19. The molecule has 0 saturated carbocycles. The first kappa shape index (κ1) is 13.7. The minimum absolute atomic E-state index is 0.0972. The number of hydrogen-bond acceptors (Lipinski definition) is 6. The molecular weight excluding hydrogens is 284 g/mol. The van der Waals surface area contributed by atoms with E-state index in [9.17, 15) is 10.2 Å². The van der Waals surface area contributed by atoms with Gasteiger partial charge in [0, 0.05) is 9.79 Å². The van der Waals surface area contributed by atoms with Gasteiger partial charge in [-0.15, -0.1) is 0 Å². The van der Waals surface area contributed by atoms with Gasteiger partial charge in [-0.2, -0.15) is 0 Å². The van der Waals surface area contributed by atoms with Crippen LogP contribution in [0.2, 0.25) is 0 Å². The van der Waals surface area contributed by atoms with Crippen molar-refractivity contribution in [2.75, 3.05) is 6.61 Å². The lowest BCUT2D eigenvalue weighted by Crippen LogP contribution is -2.37. The Hall–Kier alpha value is -0.240. The first-order valence-corrected chi connectivity index (χ1v) is 7.97. The largest absolute Gasteiger partial charge is 0.394 e. The molecule has 0 bridgehead atoms. The van der Waals surface area contributed by atoms with E-state index in [1.807, 2.05) is 12.1 Å². The van der Waals surface area contributed by atoms with E-state index in [0.717, 1.165) is 0 Å². The van der Waals surface area contributed by atoms with Gasteiger partial charge < -0.3 is 19.7 Å². The summed E-state index contributed by atoms with van der Waals surface area (Å²) >= 11 is 3.26. The second-order valence-electron chi connectivity index (χ2n) is 4.62. The highest BCUT2D eigenvalue weighted by Crippen LogP contribution is 2.49. The topological polar surface area (TPSA) is 58.9 Å². The number of thioether (sulfide) groups is 2. The zero-order chi connectivity index (χ0) is 13.4. The minimum Gasteiger partial charge on any atom is -0.394 e. The normalized spacial score (nSPS) is 34.7. The molecule has 2 heterocycles. The number of ether oxygens (including phenoxy) is 2. The third-order valence-electron chi connectivity index (χ3n) is 3.32. The lowest BCUT2D eigenvalue weighted by Gasteiger charge is -2.22. The quantitative estimate of drug-likeness (QED) is 0.886. The smallest absolute Gasteiger partial charge is 0.159 e. The van der Waals surface area contributed by atoms with E-state index in [-0.39, 0.29) is 17.5 Å². The van der Waals surface area contributed by atoms with E-state index in [2.05, 4.69) is 12.1 Å². The molecule has 6 heteroatoms. The van der Waals surface area contributed by atoms with E-state index < -0.39 is 18.3 Å². The van der Waals surface area contributed by atoms with Crippen LogP contribution < -0.4 is 0 Å². The van der Waals surface area contributed by atoms with Gasteiger partial charge in [0.1, 0.15) is 18.3 Å². The van der Waals surface area contributed by atoms with E-state index in [1.54, 1.807) is 30.4 Å². The highest BCUT2D eigenvalue weighted by atomic mass is 32.2. The maximum absolute atomic E-state index is 10.1. The molecule has 4 nitrogen and oxygen atoms in total. The Morgan fingerprint density at radius 2 is 1.89 bits per heavy atom. The lowest BCUT2D eigenvalue weighted by molar-refractivity contribution is -0.0453. The lowest BCUT2D eigenvalue weighted by atomic mass is 10.1. The Labute approximate surface area is 120 Å². The van der Waals surface area contributed by atoms with Gasteiger partial charge in [0.15, 0.2) is 4.77 Å². The molecule has 4 atom stereocenters. The van der Waals surface area contributed by atoms with Crippen molar-refractivity contribution in [1.29, 1.82) is 0 Å². The van der Waals surface area contributed by atoms with Crippen molar-refractivity contribution in [3.8, 4) is 0 Å². The van der Waals surface area contributed by atoms with Gasteiger partial charge in [-0.1, -0.05) is 35.7 Å². The summed E-state index contributed by atoms with van der Waals surface area (Å²) in [6.07, 6.45) is -1.92. The Morgan fingerprint density at radius 3 is 2.47 bits per heavy atom. The molecule has 104 valence electrons. The second-order valence-corrected chi connectivity index (χ2v) is 7.13. The summed E-state index contributed by atoms with van der Waals surface area (Å²) in [6.45, 7) is 1.65. The van der Waals surface area contributed by atoms with Crippen LogP contribution in [0, 0.1) is 0 Å². The second kappa shape index (κ2) is 5.63. The maximum atomic E-state index is 10.1. The van der Waals surface area contributed by atoms with Crippen LogP contribution in [0.4, 0.5) is 0 Å². The third-order valence-corrected chi connectivity index (χ3v) is 5.85. The Balaban J connectivity index is 1.67. The van der Waals surface area contributed by atoms with Crippen molar-refractivity contribution in [1.82, 2.24) is 0 Å². The molecule has 1 fully saturated rings. The zero-order valence-electron chi connectivity index (χ0n) is 10.4. The summed E-state index contributed by atoms with van der Waals surface area (Å²) in [4.78, 5) is 2.39. The van der Waals surface area contributed by atoms with E-state index in [1.165, 1.54) is 9.79 Å². The van der Waals surface area contributed by atoms with Crippen LogP contribution in [0.15, 0.2) is 34.1 Å². The third kappa shape index (κ3) is 2.66. The van der Waals surface area contributed by atoms with Crippen molar-refractivity contribution in [2.24, 2.45) is 0 Å². The van der Waals surface area contributed by atoms with Crippen LogP contribution >= 0.6 is 23.5 Å². The predicted molar refractivity (Wildman–Crippen MR) is 74.2 cm³/mol. The van der Waals surface area contributed by atoms with Gasteiger partial charge in [0.05, 0.1) is 12.7 Å². The molecule has 0 radical (unpaired) electrons. The molecule has 2 N–H and O–H groups in total. The van der Waals surface area contributed by atoms with E-state index in [4.69, 9.17) is 9.47 Å². The fourth-order valence-corrected chi connectivity index (χ4v) is 4.86. The number of rotatable bonds is 3. The number of hydrogen-bond donors (Lipinski definition) is 2. The highest BCUT2D eigenvalue weighted by Gasteiger charge is 2.44. The summed E-state index contributed by atoms with van der Waals surface area (Å²) < 4.78 is 11.3. The molecule has 0 spiro atoms. The summed E-state index contributed by atoms with van der Waals surface area (Å²) in [5.74, 6) is 0. The van der Waals surface area contributed by atoms with Crippen molar-refractivity contribution in [3.05, 3.63) is 24.3 Å². The van der Waals surface area contributed by atoms with Gasteiger partial charge in [-0.3, -0.25) is 0 Å². The average molecular weight is 300 g/mol. The zero-order valence-corrected chi connectivity index (χ0v) is 12.1. The summed E-state index contributed by atoms with van der Waals surface area (Å²) in [7, 11) is 0. The van der Waals surface area contributed by atoms with Crippen molar-refractivity contribution >= 4 is 23.5 Å². The van der Waals surface area contributed by atoms with Gasteiger partial charge >= 0.3 is 0 Å². The molecule has 2 aliphatic heterocycles. The van der Waals surface area contributed by atoms with Gasteiger partial charge in [0.2, 0.25) is 0 Å². The molecule has 0 amide bonds. The molecular formula is C13H16O4S2. The average Bonchev–Trinajstić information content (AvgIpc) is 2.94. The van der Waals surface area contributed by atoms with Crippen LogP contribution in [0.1, 0.15) is 6.92 Å². The molecule has 0 aromatic heterocycles. The van der Waals surface area contributed by atoms with E-state index >= 15 is 0 Å². The Morgan fingerprint density at radius 1 is 1.26 bits per heavy atom. The number of fused-ring (bicyclic) bond motifs is 1. The minimum atomic E-state index is -0.693. The van der Waals surface area contributed by atoms with Crippen LogP contribution in [-0.4, -0.2) is 46.0 Å². The van der Waals surface area contributed by atoms with Crippen LogP contribution in [0.3, 0.4) is 0 Å². The molecule has 1 aromatic rings. The van der Waals surface area contributed by atoms with Crippen molar-refractivity contribution in [3.63, 3.8) is 0 Å². The van der Waals surface area contributed by atoms with Crippen LogP contribution in [0.5, 0.6) is 0 Å². The number of benzene rings is 1. The van der Waals surface area contributed by atoms with Crippen LogP contribution in [0.25, 0.3) is 0 Å². The van der Waals surface area contributed by atoms with E-state index in [0.29, 0.717) is 0 Å². The molecule has 1 saturated heterocycles. The fourth-order valence-electron chi connectivity index (χ4n) is 2.30. The summed E-state index contributed by atoms with van der Waals surface area (Å²) in [5.41, 5.74) is 0. The van der Waals surface area contributed by atoms with Crippen molar-refractivity contribution in [2.45, 2.75) is 45.9 Å². The molecule has 0 aliphatic carbocycles. The number of aliphatic hydroxyl groups excluding tert-OH is 2. The fraction of sp³-hybridized carbons (Fsp3) is 0.538. The Bertz CT molecular complexity index is 431. The summed E-state index contributed by atoms with van der Waals surface area (Å²) in [6, 6.07) is 8.12. The van der Waals surface area contributed by atoms with Gasteiger partial charge in [-0.05, 0) is 19.1 Å². The standard InChI is InChI=1S/C13H16O4S2/c1-7-11(15)12(8(6-14)16-7)17-13-18-9-4-2-3-5-10(9)19-13/h2-5,7-8,11-15H,6H2,1H3/t7-,8+,11?,12?/m0/s1. The molecule has 3 rings (SSSR count). The maximum Gasteiger partial charge on any atom is 0.159 e. The monoisotopic (exact) mass is 300 g/mol. The number of aliphatic hydroxyl groups is 2. The van der Waals surface area contributed by atoms with Crippen LogP contribution in [-0.2, 0) is 9.47 Å². The molecule has 2 aliphatic rings.